The smallest absolute Gasteiger partial charge is 0.122 e. The van der Waals surface area contributed by atoms with Crippen molar-refractivity contribution in [1.29, 1.82) is 5.26 Å². The lowest BCUT2D eigenvalue weighted by atomic mass is 10.1. The van der Waals surface area contributed by atoms with Crippen LogP contribution in [0, 0.1) is 18.3 Å². The predicted octanol–water partition coefficient (Wildman–Crippen LogP) is 1.97. The first-order chi connectivity index (χ1) is 8.26. The molecule has 1 fully saturated rings. The van der Waals surface area contributed by atoms with Gasteiger partial charge in [-0.2, -0.15) is 5.26 Å². The summed E-state index contributed by atoms with van der Waals surface area (Å²) >= 11 is 0. The van der Waals surface area contributed by atoms with E-state index in [1.165, 1.54) is 12.8 Å². The first-order valence-corrected chi connectivity index (χ1v) is 6.15. The van der Waals surface area contributed by atoms with Gasteiger partial charge in [-0.05, 0) is 31.9 Å². The molecule has 0 radical (unpaired) electrons. The first-order valence-electron chi connectivity index (χ1n) is 6.15. The van der Waals surface area contributed by atoms with Gasteiger partial charge >= 0.3 is 0 Å². The Morgan fingerprint density at radius 2 is 2.35 bits per heavy atom. The second-order valence-electron chi connectivity index (χ2n) is 4.58. The molecule has 0 aliphatic heterocycles. The zero-order valence-corrected chi connectivity index (χ0v) is 10.2. The summed E-state index contributed by atoms with van der Waals surface area (Å²) < 4.78 is 5.67. The third-order valence-corrected chi connectivity index (χ3v) is 3.21. The summed E-state index contributed by atoms with van der Waals surface area (Å²) in [6.45, 7) is 3.26. The van der Waals surface area contributed by atoms with E-state index in [0.717, 1.165) is 18.1 Å². The number of nitrogens with two attached hydrogens (primary N) is 1. The molecular formula is C13H19N3O. The molecule has 4 heteroatoms. The predicted molar refractivity (Wildman–Crippen MR) is 65.2 cm³/mol. The fraction of sp³-hybridized carbons (Fsp3) is 0.615. The van der Waals surface area contributed by atoms with Crippen LogP contribution in [0.15, 0.2) is 16.5 Å². The van der Waals surface area contributed by atoms with E-state index in [0.29, 0.717) is 19.0 Å². The number of nitrogens with zero attached hydrogens (tertiary/aromatic N) is 2. The van der Waals surface area contributed by atoms with Crippen LogP contribution in [0.25, 0.3) is 0 Å². The summed E-state index contributed by atoms with van der Waals surface area (Å²) in [7, 11) is 0. The van der Waals surface area contributed by atoms with E-state index in [4.69, 9.17) is 15.4 Å². The van der Waals surface area contributed by atoms with Crippen LogP contribution in [0.4, 0.5) is 0 Å². The fourth-order valence-electron chi connectivity index (χ4n) is 2.23. The summed E-state index contributed by atoms with van der Waals surface area (Å²) in [5.41, 5.74) is 5.87. The van der Waals surface area contributed by atoms with Crippen LogP contribution >= 0.6 is 0 Å². The van der Waals surface area contributed by atoms with E-state index in [-0.39, 0.29) is 6.04 Å². The number of rotatable bonds is 6. The van der Waals surface area contributed by atoms with E-state index >= 15 is 0 Å². The molecule has 1 atom stereocenters. The van der Waals surface area contributed by atoms with Crippen molar-refractivity contribution in [1.82, 2.24) is 4.90 Å². The average Bonchev–Trinajstić information content (AvgIpc) is 3.08. The van der Waals surface area contributed by atoms with Gasteiger partial charge in [-0.3, -0.25) is 4.90 Å². The maximum Gasteiger partial charge on any atom is 0.122 e. The number of hydrogen-bond acceptors (Lipinski definition) is 4. The van der Waals surface area contributed by atoms with Gasteiger partial charge in [0.1, 0.15) is 11.5 Å². The Morgan fingerprint density at radius 1 is 1.59 bits per heavy atom. The highest BCUT2D eigenvalue weighted by Gasteiger charge is 2.34. The highest BCUT2D eigenvalue weighted by atomic mass is 16.3. The topological polar surface area (TPSA) is 66.2 Å². The quantitative estimate of drug-likeness (QED) is 0.815. The molecule has 1 saturated carbocycles. The summed E-state index contributed by atoms with van der Waals surface area (Å²) in [4.78, 5) is 2.32. The lowest BCUT2D eigenvalue weighted by Gasteiger charge is -2.28. The minimum atomic E-state index is 0.115. The Kier molecular flexibility index (Phi) is 3.82. The summed E-state index contributed by atoms with van der Waals surface area (Å²) in [6, 6.07) is 6.86. The molecule has 1 heterocycles. The van der Waals surface area contributed by atoms with E-state index in [1.807, 2.05) is 19.1 Å². The van der Waals surface area contributed by atoms with Crippen LogP contribution in [0.1, 0.15) is 36.8 Å². The van der Waals surface area contributed by atoms with Crippen molar-refractivity contribution in [3.05, 3.63) is 23.7 Å². The largest absolute Gasteiger partial charge is 0.465 e. The van der Waals surface area contributed by atoms with Gasteiger partial charge in [0.05, 0.1) is 12.1 Å². The molecule has 17 heavy (non-hydrogen) atoms. The van der Waals surface area contributed by atoms with Crippen LogP contribution in [0.3, 0.4) is 0 Å². The average molecular weight is 233 g/mol. The second-order valence-corrected chi connectivity index (χ2v) is 4.58. The molecule has 0 bridgehead atoms. The molecule has 0 spiro atoms. The lowest BCUT2D eigenvalue weighted by molar-refractivity contribution is 0.172. The molecular weight excluding hydrogens is 214 g/mol. The number of nitriles is 1. The minimum Gasteiger partial charge on any atom is -0.465 e. The maximum atomic E-state index is 8.72. The van der Waals surface area contributed by atoms with Gasteiger partial charge in [0, 0.05) is 25.6 Å². The molecule has 92 valence electrons. The van der Waals surface area contributed by atoms with Gasteiger partial charge in [0.25, 0.3) is 0 Å². The van der Waals surface area contributed by atoms with Crippen molar-refractivity contribution in [2.24, 2.45) is 5.73 Å². The van der Waals surface area contributed by atoms with Crippen LogP contribution < -0.4 is 5.73 Å². The van der Waals surface area contributed by atoms with Gasteiger partial charge < -0.3 is 10.2 Å². The molecule has 1 aliphatic rings. The van der Waals surface area contributed by atoms with Crippen LogP contribution in [0.5, 0.6) is 0 Å². The molecule has 1 aliphatic carbocycles. The van der Waals surface area contributed by atoms with Gasteiger partial charge in [0.2, 0.25) is 0 Å². The molecule has 1 aromatic rings. The Labute approximate surface area is 102 Å². The zero-order chi connectivity index (χ0) is 12.3. The number of hydrogen-bond donors (Lipinski definition) is 1. The Balaban J connectivity index is 2.11. The summed E-state index contributed by atoms with van der Waals surface area (Å²) in [5.74, 6) is 1.84. The van der Waals surface area contributed by atoms with Gasteiger partial charge in [-0.1, -0.05) is 0 Å². The van der Waals surface area contributed by atoms with Crippen LogP contribution in [-0.2, 0) is 0 Å². The molecule has 2 rings (SSSR count). The third-order valence-electron chi connectivity index (χ3n) is 3.21. The molecule has 0 saturated heterocycles. The number of aryl methyl sites for hydroxylation is 1. The monoisotopic (exact) mass is 233 g/mol. The maximum absolute atomic E-state index is 8.72. The fourth-order valence-corrected chi connectivity index (χ4v) is 2.23. The van der Waals surface area contributed by atoms with E-state index < -0.39 is 0 Å². The third kappa shape index (κ3) is 2.87. The molecule has 1 aromatic heterocycles. The summed E-state index contributed by atoms with van der Waals surface area (Å²) in [5, 5.41) is 8.72. The molecule has 0 amide bonds. The molecule has 2 N–H and O–H groups in total. The zero-order valence-electron chi connectivity index (χ0n) is 10.2. The standard InChI is InChI=1S/C13H19N3O/c1-10-3-6-13(17-10)12(9-15)16(8-2-7-14)11-4-5-11/h3,6,11-12H,2,4-5,8-9,15H2,1H3. The second kappa shape index (κ2) is 5.35. The van der Waals surface area contributed by atoms with E-state index in [9.17, 15) is 0 Å². The Bertz CT molecular complexity index is 403. The number of furan rings is 1. The van der Waals surface area contributed by atoms with Crippen molar-refractivity contribution in [2.75, 3.05) is 13.1 Å². The lowest BCUT2D eigenvalue weighted by Crippen LogP contribution is -2.36. The van der Waals surface area contributed by atoms with Crippen LogP contribution in [-0.4, -0.2) is 24.0 Å². The van der Waals surface area contributed by atoms with Crippen LogP contribution in [0.2, 0.25) is 0 Å². The van der Waals surface area contributed by atoms with Gasteiger partial charge in [0.15, 0.2) is 0 Å². The van der Waals surface area contributed by atoms with Gasteiger partial charge in [-0.15, -0.1) is 0 Å². The van der Waals surface area contributed by atoms with Crippen molar-refractivity contribution in [2.45, 2.75) is 38.3 Å². The van der Waals surface area contributed by atoms with E-state index in [1.54, 1.807) is 0 Å². The summed E-state index contributed by atoms with van der Waals surface area (Å²) in [6.07, 6.45) is 2.97. The molecule has 1 unspecified atom stereocenters. The van der Waals surface area contributed by atoms with Crippen molar-refractivity contribution in [3.63, 3.8) is 0 Å². The van der Waals surface area contributed by atoms with Crippen molar-refractivity contribution in [3.8, 4) is 6.07 Å². The Hall–Kier alpha value is -1.31. The van der Waals surface area contributed by atoms with E-state index in [2.05, 4.69) is 11.0 Å². The van der Waals surface area contributed by atoms with Crippen molar-refractivity contribution >= 4 is 0 Å². The highest BCUT2D eigenvalue weighted by Crippen LogP contribution is 2.34. The van der Waals surface area contributed by atoms with Gasteiger partial charge in [-0.25, -0.2) is 0 Å². The highest BCUT2D eigenvalue weighted by molar-refractivity contribution is 5.11. The first kappa shape index (κ1) is 12.2. The molecule has 4 nitrogen and oxygen atoms in total. The minimum absolute atomic E-state index is 0.115. The van der Waals surface area contributed by atoms with Crippen molar-refractivity contribution < 1.29 is 4.42 Å². The molecule has 0 aromatic carbocycles. The normalized spacial score (nSPS) is 17.1. The Morgan fingerprint density at radius 3 is 2.82 bits per heavy atom. The SMILES string of the molecule is Cc1ccc(C(CN)N(CCC#N)C2CC2)o1.